The number of aromatic nitrogens is 2. The van der Waals surface area contributed by atoms with Crippen molar-refractivity contribution in [2.75, 3.05) is 0 Å². The van der Waals surface area contributed by atoms with Gasteiger partial charge in [-0.3, -0.25) is 4.90 Å². The molecule has 0 radical (unpaired) electrons. The van der Waals surface area contributed by atoms with Crippen LogP contribution in [-0.4, -0.2) is 26.2 Å². The van der Waals surface area contributed by atoms with Gasteiger partial charge in [-0.1, -0.05) is 71.8 Å². The maximum atomic E-state index is 6.67. The molecule has 4 aromatic rings. The van der Waals surface area contributed by atoms with Crippen molar-refractivity contribution in [2.24, 2.45) is 23.9 Å². The molecule has 5 nitrogen and oxygen atoms in total. The molecule has 1 saturated carbocycles. The smallest absolute Gasteiger partial charge is 0.140 e. The summed E-state index contributed by atoms with van der Waals surface area (Å²) in [5.41, 5.74) is 6.68. The highest BCUT2D eigenvalue weighted by molar-refractivity contribution is 6.36. The van der Waals surface area contributed by atoms with E-state index >= 15 is 0 Å². The van der Waals surface area contributed by atoms with Gasteiger partial charge in [-0.05, 0) is 43.4 Å². The maximum absolute atomic E-state index is 6.67. The number of fused-ring (bicyclic) bond motifs is 1. The lowest BCUT2D eigenvalue weighted by atomic mass is 9.93. The molecule has 180 valence electrons. The second kappa shape index (κ2) is 10.2. The lowest BCUT2D eigenvalue weighted by Gasteiger charge is -2.29. The molecule has 2 N–H and O–H groups in total. The third-order valence-electron chi connectivity index (χ3n) is 7.29. The highest BCUT2D eigenvalue weighted by atomic mass is 35.5. The topological polar surface area (TPSA) is 59.4 Å². The summed E-state index contributed by atoms with van der Waals surface area (Å²) in [5, 5.41) is 5.92. The Morgan fingerprint density at radius 1 is 1.06 bits per heavy atom. The second-order valence-electron chi connectivity index (χ2n) is 9.70. The highest BCUT2D eigenvalue weighted by Crippen LogP contribution is 2.37. The Labute approximate surface area is 212 Å². The molecule has 0 bridgehead atoms. The number of pyridine rings is 1. The number of nitrogens with two attached hydrogens (primary N) is 1. The van der Waals surface area contributed by atoms with Crippen molar-refractivity contribution < 1.29 is 0 Å². The maximum Gasteiger partial charge on any atom is 0.140 e. The van der Waals surface area contributed by atoms with E-state index in [4.69, 9.17) is 17.4 Å². The number of aryl methyl sites for hydroxylation is 2. The number of halogens is 1. The molecule has 1 fully saturated rings. The molecule has 1 aliphatic rings. The quantitative estimate of drug-likeness (QED) is 0.196. The van der Waals surface area contributed by atoms with Gasteiger partial charge in [-0.25, -0.2) is 4.98 Å². The summed E-state index contributed by atoms with van der Waals surface area (Å²) in [4.78, 5) is 7.13. The van der Waals surface area contributed by atoms with Gasteiger partial charge in [-0.15, -0.1) is 0 Å². The Bertz CT molecular complexity index is 1330. The van der Waals surface area contributed by atoms with Crippen LogP contribution in [0.25, 0.3) is 11.0 Å². The van der Waals surface area contributed by atoms with E-state index in [1.807, 2.05) is 17.8 Å². The Morgan fingerprint density at radius 2 is 1.77 bits per heavy atom. The Balaban J connectivity index is 1.41. The first-order valence-corrected chi connectivity index (χ1v) is 12.6. The number of hydrogen-bond acceptors (Lipinski definition) is 4. The first kappa shape index (κ1) is 23.6. The van der Waals surface area contributed by atoms with E-state index in [0.29, 0.717) is 11.1 Å². The lowest BCUT2D eigenvalue weighted by molar-refractivity contribution is 0.179. The molecule has 1 unspecified atom stereocenters. The van der Waals surface area contributed by atoms with Crippen LogP contribution in [-0.2, 0) is 20.1 Å². The largest absolute Gasteiger partial charge is 0.336 e. The number of benzene rings is 2. The van der Waals surface area contributed by atoms with Gasteiger partial charge in [0.2, 0.25) is 0 Å². The molecular weight excluding hydrogens is 454 g/mol. The summed E-state index contributed by atoms with van der Waals surface area (Å²) >= 11 is 6.67. The Kier molecular flexibility index (Phi) is 6.89. The van der Waals surface area contributed by atoms with Crippen molar-refractivity contribution in [3.8, 4) is 0 Å². The molecule has 0 saturated heterocycles. The molecule has 2 heterocycles. The predicted molar refractivity (Wildman–Crippen MR) is 144 cm³/mol. The van der Waals surface area contributed by atoms with E-state index in [9.17, 15) is 0 Å². The number of nitrogens with zero attached hydrogens (tertiary/aromatic N) is 4. The summed E-state index contributed by atoms with van der Waals surface area (Å²) in [6, 6.07) is 22.1. The van der Waals surface area contributed by atoms with E-state index < -0.39 is 0 Å². The molecular formula is C29H32ClN5. The average molecular weight is 486 g/mol. The van der Waals surface area contributed by atoms with Gasteiger partial charge in [0.15, 0.2) is 0 Å². The predicted octanol–water partition coefficient (Wildman–Crippen LogP) is 6.07. The third-order valence-corrected chi connectivity index (χ3v) is 7.57. The van der Waals surface area contributed by atoms with Crippen LogP contribution in [0.2, 0.25) is 5.02 Å². The fourth-order valence-corrected chi connectivity index (χ4v) is 5.67. The van der Waals surface area contributed by atoms with Crippen LogP contribution >= 0.6 is 11.6 Å². The summed E-state index contributed by atoms with van der Waals surface area (Å²) < 4.78 is 2.00. The minimum atomic E-state index is 0.254. The van der Waals surface area contributed by atoms with Gasteiger partial charge in [0.05, 0.1) is 10.7 Å². The molecule has 0 spiro atoms. The van der Waals surface area contributed by atoms with Crippen LogP contribution in [0, 0.1) is 12.8 Å². The van der Waals surface area contributed by atoms with Gasteiger partial charge in [0, 0.05) is 55.4 Å². The zero-order chi connectivity index (χ0) is 24.4. The first-order valence-electron chi connectivity index (χ1n) is 12.2. The molecule has 2 atom stereocenters. The third kappa shape index (κ3) is 4.97. The Morgan fingerprint density at radius 3 is 2.49 bits per heavy atom. The van der Waals surface area contributed by atoms with E-state index in [2.05, 4.69) is 82.6 Å². The fraction of sp³-hybridized carbons (Fsp3) is 0.310. The van der Waals surface area contributed by atoms with Crippen LogP contribution < -0.4 is 5.84 Å². The fourth-order valence-electron chi connectivity index (χ4n) is 5.42. The first-order chi connectivity index (χ1) is 17.0. The molecule has 0 amide bonds. The van der Waals surface area contributed by atoms with Crippen molar-refractivity contribution >= 4 is 28.3 Å². The van der Waals surface area contributed by atoms with E-state index in [0.717, 1.165) is 54.7 Å². The van der Waals surface area contributed by atoms with Crippen molar-refractivity contribution in [3.63, 3.8) is 0 Å². The lowest BCUT2D eigenvalue weighted by Crippen LogP contribution is -2.33. The van der Waals surface area contributed by atoms with Crippen molar-refractivity contribution in [3.05, 3.63) is 100 Å². The number of rotatable bonds is 7. The van der Waals surface area contributed by atoms with Crippen LogP contribution in [0.15, 0.2) is 78.2 Å². The van der Waals surface area contributed by atoms with Crippen molar-refractivity contribution in [2.45, 2.75) is 45.3 Å². The van der Waals surface area contributed by atoms with E-state index in [-0.39, 0.29) is 5.92 Å². The minimum Gasteiger partial charge on any atom is -0.336 e. The number of hydrogen-bond donors (Lipinski definition) is 1. The monoisotopic (exact) mass is 485 g/mol. The number of hydrazone groups is 1. The SMILES string of the molecule is Cc1ccc(CN(Cc2ccccc2)[C@@H]2CCC(/C(=N\N)c3c(Cl)cnc4c3ccn4C)C2)cc1. The summed E-state index contributed by atoms with van der Waals surface area (Å²) in [6.07, 6.45) is 6.86. The van der Waals surface area contributed by atoms with E-state index in [1.54, 1.807) is 6.20 Å². The molecule has 5 rings (SSSR count). The highest BCUT2D eigenvalue weighted by Gasteiger charge is 2.34. The van der Waals surface area contributed by atoms with Gasteiger partial charge < -0.3 is 10.4 Å². The summed E-state index contributed by atoms with van der Waals surface area (Å²) in [5.74, 6) is 6.28. The standard InChI is InChI=1S/C29H32ClN5/c1-20-8-10-22(11-9-20)19-35(18-21-6-4-3-5-7-21)24-13-12-23(16-24)28(33-31)27-25-14-15-34(2)29(25)32-17-26(27)30/h3-11,14-15,17,23-24H,12-13,16,18-19,31H2,1-2H3/b33-28+/t23?,24-/m1/s1. The van der Waals surface area contributed by atoms with Gasteiger partial charge in [0.1, 0.15) is 5.65 Å². The molecule has 6 heteroatoms. The molecule has 35 heavy (non-hydrogen) atoms. The van der Waals surface area contributed by atoms with Crippen LogP contribution in [0.3, 0.4) is 0 Å². The second-order valence-corrected chi connectivity index (χ2v) is 10.1. The molecule has 1 aliphatic carbocycles. The molecule has 2 aromatic heterocycles. The Hall–Kier alpha value is -3.15. The van der Waals surface area contributed by atoms with Crippen molar-refractivity contribution in [1.29, 1.82) is 0 Å². The van der Waals surface area contributed by atoms with Gasteiger partial charge in [-0.2, -0.15) is 5.10 Å². The summed E-state index contributed by atoms with van der Waals surface area (Å²) in [6.45, 7) is 3.97. The van der Waals surface area contributed by atoms with Crippen molar-refractivity contribution in [1.82, 2.24) is 14.5 Å². The zero-order valence-corrected chi connectivity index (χ0v) is 21.1. The van der Waals surface area contributed by atoms with Gasteiger partial charge in [0.25, 0.3) is 0 Å². The molecule has 0 aliphatic heterocycles. The van der Waals surface area contributed by atoms with Crippen LogP contribution in [0.1, 0.15) is 41.5 Å². The average Bonchev–Trinajstić information content (AvgIpc) is 3.50. The normalized spacial score (nSPS) is 18.6. The minimum absolute atomic E-state index is 0.254. The van der Waals surface area contributed by atoms with Gasteiger partial charge >= 0.3 is 0 Å². The summed E-state index contributed by atoms with van der Waals surface area (Å²) in [7, 11) is 1.99. The van der Waals surface area contributed by atoms with Crippen LogP contribution in [0.5, 0.6) is 0 Å². The molecule has 2 aromatic carbocycles. The zero-order valence-electron chi connectivity index (χ0n) is 20.4. The van der Waals surface area contributed by atoms with Crippen LogP contribution in [0.4, 0.5) is 0 Å². The van der Waals surface area contributed by atoms with E-state index in [1.165, 1.54) is 16.7 Å².